The van der Waals surface area contributed by atoms with E-state index < -0.39 is 0 Å². The van der Waals surface area contributed by atoms with Gasteiger partial charge in [0.2, 0.25) is 0 Å². The Bertz CT molecular complexity index is 574. The van der Waals surface area contributed by atoms with Crippen LogP contribution in [0.2, 0.25) is 0 Å². The summed E-state index contributed by atoms with van der Waals surface area (Å²) in [5, 5.41) is 3.93. The number of halogens is 1. The molecule has 1 aliphatic heterocycles. The fourth-order valence-corrected chi connectivity index (χ4v) is 2.57. The Hall–Kier alpha value is -1.48. The minimum absolute atomic E-state index is 0.00414. The second kappa shape index (κ2) is 3.52. The van der Waals surface area contributed by atoms with Gasteiger partial charge in [0.15, 0.2) is 0 Å². The van der Waals surface area contributed by atoms with Crippen molar-refractivity contribution >= 4 is 28.4 Å². The molecule has 0 radical (unpaired) electrons. The molecule has 0 bridgehead atoms. The third kappa shape index (κ3) is 1.25. The number of hydrogen-bond donors (Lipinski definition) is 2. The van der Waals surface area contributed by atoms with E-state index in [0.29, 0.717) is 12.4 Å². The first-order chi connectivity index (χ1) is 7.81. The molecule has 0 atom stereocenters. The van der Waals surface area contributed by atoms with Gasteiger partial charge in [-0.3, -0.25) is 4.79 Å². The summed E-state index contributed by atoms with van der Waals surface area (Å²) in [6, 6.07) is 5.73. The normalized spacial score (nSPS) is 14.9. The highest BCUT2D eigenvalue weighted by molar-refractivity contribution is 6.17. The minimum atomic E-state index is 0.00414. The van der Waals surface area contributed by atoms with E-state index in [1.54, 1.807) is 0 Å². The largest absolute Gasteiger partial charge is 0.357 e. The number of amides is 1. The van der Waals surface area contributed by atoms with Crippen LogP contribution in [0.15, 0.2) is 18.2 Å². The number of rotatable bonds is 1. The van der Waals surface area contributed by atoms with Gasteiger partial charge >= 0.3 is 0 Å². The number of alkyl halides is 1. The third-order valence-corrected chi connectivity index (χ3v) is 3.32. The maximum Gasteiger partial charge on any atom is 0.251 e. The van der Waals surface area contributed by atoms with Crippen LogP contribution in [0.3, 0.4) is 0 Å². The van der Waals surface area contributed by atoms with Crippen molar-refractivity contribution in [1.82, 2.24) is 10.3 Å². The highest BCUT2D eigenvalue weighted by Gasteiger charge is 2.20. The number of carbonyl (C=O) groups is 1. The van der Waals surface area contributed by atoms with Crippen LogP contribution in [-0.4, -0.2) is 17.4 Å². The van der Waals surface area contributed by atoms with Crippen LogP contribution in [0.1, 0.15) is 21.6 Å². The molecule has 0 saturated heterocycles. The number of H-pyrrole nitrogens is 1. The molecule has 0 fully saturated rings. The van der Waals surface area contributed by atoms with E-state index in [1.165, 1.54) is 5.56 Å². The van der Waals surface area contributed by atoms with Crippen molar-refractivity contribution in [3.8, 4) is 0 Å². The van der Waals surface area contributed by atoms with Crippen LogP contribution in [0.25, 0.3) is 10.9 Å². The van der Waals surface area contributed by atoms with Crippen LogP contribution in [0, 0.1) is 0 Å². The Labute approximate surface area is 97.8 Å². The minimum Gasteiger partial charge on any atom is -0.357 e. The van der Waals surface area contributed by atoms with Crippen molar-refractivity contribution in [3.63, 3.8) is 0 Å². The molecular weight excluding hydrogens is 224 g/mol. The lowest BCUT2D eigenvalue weighted by molar-refractivity contribution is 0.0957. The van der Waals surface area contributed by atoms with Gasteiger partial charge < -0.3 is 10.3 Å². The summed E-state index contributed by atoms with van der Waals surface area (Å²) >= 11 is 5.91. The predicted molar refractivity (Wildman–Crippen MR) is 63.9 cm³/mol. The van der Waals surface area contributed by atoms with Gasteiger partial charge in [0.25, 0.3) is 5.91 Å². The number of benzene rings is 1. The SMILES string of the molecule is O=C1NCCc2c(CCl)[nH]c3cccc1c23. The summed E-state index contributed by atoms with van der Waals surface area (Å²) in [6.07, 6.45) is 0.838. The quantitative estimate of drug-likeness (QED) is 0.730. The van der Waals surface area contributed by atoms with E-state index in [2.05, 4.69) is 10.3 Å². The summed E-state index contributed by atoms with van der Waals surface area (Å²) in [4.78, 5) is 15.1. The van der Waals surface area contributed by atoms with Crippen LogP contribution < -0.4 is 5.32 Å². The molecule has 1 amide bonds. The fraction of sp³-hybridized carbons (Fsp3) is 0.250. The van der Waals surface area contributed by atoms with Gasteiger partial charge in [-0.15, -0.1) is 11.6 Å². The van der Waals surface area contributed by atoms with Crippen molar-refractivity contribution in [2.45, 2.75) is 12.3 Å². The zero-order chi connectivity index (χ0) is 11.1. The Balaban J connectivity index is 2.41. The molecule has 2 aromatic rings. The average Bonchev–Trinajstić information content (AvgIpc) is 2.57. The standard InChI is InChI=1S/C12H11ClN2O/c13-6-10-7-4-5-14-12(16)8-2-1-3-9(15-10)11(7)8/h1-3,15H,4-6H2,(H,14,16). The predicted octanol–water partition coefficient (Wildman–Crippen LogP) is 2.19. The fourth-order valence-electron chi connectivity index (χ4n) is 2.35. The van der Waals surface area contributed by atoms with Crippen LogP contribution in [0.4, 0.5) is 0 Å². The summed E-state index contributed by atoms with van der Waals surface area (Å²) in [6.45, 7) is 0.671. The molecule has 3 nitrogen and oxygen atoms in total. The Kier molecular flexibility index (Phi) is 2.14. The molecule has 0 saturated carbocycles. The van der Waals surface area contributed by atoms with Gasteiger partial charge in [0.05, 0.1) is 5.88 Å². The van der Waals surface area contributed by atoms with Gasteiger partial charge in [-0.1, -0.05) is 6.07 Å². The smallest absolute Gasteiger partial charge is 0.251 e. The Morgan fingerprint density at radius 3 is 3.06 bits per heavy atom. The summed E-state index contributed by atoms with van der Waals surface area (Å²) < 4.78 is 0. The second-order valence-electron chi connectivity index (χ2n) is 3.95. The third-order valence-electron chi connectivity index (χ3n) is 3.05. The summed E-state index contributed by atoms with van der Waals surface area (Å²) in [5.74, 6) is 0.460. The van der Waals surface area contributed by atoms with Gasteiger partial charge in [-0.2, -0.15) is 0 Å². The molecule has 4 heteroatoms. The van der Waals surface area contributed by atoms with Gasteiger partial charge in [-0.25, -0.2) is 0 Å². The first-order valence-corrected chi connectivity index (χ1v) is 5.81. The van der Waals surface area contributed by atoms with Gasteiger partial charge in [0.1, 0.15) is 0 Å². The van der Waals surface area contributed by atoms with Crippen molar-refractivity contribution in [3.05, 3.63) is 35.0 Å². The van der Waals surface area contributed by atoms with Crippen molar-refractivity contribution in [2.24, 2.45) is 0 Å². The Morgan fingerprint density at radius 1 is 1.38 bits per heavy atom. The lowest BCUT2D eigenvalue weighted by Crippen LogP contribution is -2.23. The topological polar surface area (TPSA) is 44.9 Å². The molecule has 82 valence electrons. The van der Waals surface area contributed by atoms with Crippen LogP contribution in [-0.2, 0) is 12.3 Å². The van der Waals surface area contributed by atoms with E-state index in [0.717, 1.165) is 28.6 Å². The van der Waals surface area contributed by atoms with Crippen molar-refractivity contribution < 1.29 is 4.79 Å². The molecule has 1 aromatic heterocycles. The van der Waals surface area contributed by atoms with E-state index in [1.807, 2.05) is 18.2 Å². The second-order valence-corrected chi connectivity index (χ2v) is 4.22. The molecule has 2 N–H and O–H groups in total. The number of carbonyl (C=O) groups excluding carboxylic acids is 1. The number of hydrogen-bond acceptors (Lipinski definition) is 1. The lowest BCUT2D eigenvalue weighted by atomic mass is 10.0. The molecule has 2 heterocycles. The molecule has 0 unspecified atom stereocenters. The van der Waals surface area contributed by atoms with E-state index >= 15 is 0 Å². The maximum atomic E-state index is 11.8. The number of aromatic amines is 1. The van der Waals surface area contributed by atoms with E-state index in [4.69, 9.17) is 11.6 Å². The van der Waals surface area contributed by atoms with Crippen LogP contribution >= 0.6 is 11.6 Å². The average molecular weight is 235 g/mol. The number of nitrogens with one attached hydrogen (secondary N) is 2. The van der Waals surface area contributed by atoms with Gasteiger partial charge in [0, 0.05) is 28.7 Å². The van der Waals surface area contributed by atoms with Crippen molar-refractivity contribution in [2.75, 3.05) is 6.54 Å². The summed E-state index contributed by atoms with van der Waals surface area (Å²) in [7, 11) is 0. The number of aromatic nitrogens is 1. The molecule has 1 aromatic carbocycles. The zero-order valence-electron chi connectivity index (χ0n) is 8.64. The highest BCUT2D eigenvalue weighted by Crippen LogP contribution is 2.28. The van der Waals surface area contributed by atoms with E-state index in [-0.39, 0.29) is 5.91 Å². The lowest BCUT2D eigenvalue weighted by Gasteiger charge is -2.00. The zero-order valence-corrected chi connectivity index (χ0v) is 9.40. The van der Waals surface area contributed by atoms with Gasteiger partial charge in [-0.05, 0) is 24.1 Å². The van der Waals surface area contributed by atoms with Crippen LogP contribution in [0.5, 0.6) is 0 Å². The molecule has 0 spiro atoms. The summed E-state index contributed by atoms with van der Waals surface area (Å²) in [5.41, 5.74) is 3.96. The molecule has 16 heavy (non-hydrogen) atoms. The molecule has 3 rings (SSSR count). The highest BCUT2D eigenvalue weighted by atomic mass is 35.5. The van der Waals surface area contributed by atoms with E-state index in [9.17, 15) is 4.79 Å². The maximum absolute atomic E-state index is 11.8. The molecule has 1 aliphatic rings. The first-order valence-electron chi connectivity index (χ1n) is 5.28. The Morgan fingerprint density at radius 2 is 2.25 bits per heavy atom. The van der Waals surface area contributed by atoms with Crippen molar-refractivity contribution in [1.29, 1.82) is 0 Å². The first kappa shape index (κ1) is 9.73. The monoisotopic (exact) mass is 234 g/mol. The molecule has 0 aliphatic carbocycles. The molecular formula is C12H11ClN2O.